The number of rotatable bonds is 0. The maximum absolute atomic E-state index is 11.2. The first-order valence-electron chi connectivity index (χ1n) is 4.18. The number of aliphatic imine (C=N–C) groups is 1. The summed E-state index contributed by atoms with van der Waals surface area (Å²) in [4.78, 5) is 15.2. The lowest BCUT2D eigenvalue weighted by molar-refractivity contribution is 0.0563. The maximum atomic E-state index is 11.2. The average molecular weight is 182 g/mol. The summed E-state index contributed by atoms with van der Waals surface area (Å²) >= 11 is 0. The number of alkyl carbamates (subject to hydrolysis) is 1. The molecule has 0 aromatic carbocycles. The van der Waals surface area contributed by atoms with Gasteiger partial charge in [0.25, 0.3) is 0 Å². The molecule has 1 heterocycles. The van der Waals surface area contributed by atoms with Crippen LogP contribution in [0.5, 0.6) is 0 Å². The van der Waals surface area contributed by atoms with Gasteiger partial charge in [0.05, 0.1) is 6.54 Å². The molecule has 1 aliphatic rings. The summed E-state index contributed by atoms with van der Waals surface area (Å²) in [5, 5.41) is 2.54. The van der Waals surface area contributed by atoms with Gasteiger partial charge in [-0.25, -0.2) is 4.79 Å². The molecule has 0 atom stereocenters. The number of hydrogen-bond donors (Lipinski definition) is 1. The van der Waals surface area contributed by atoms with E-state index in [-0.39, 0.29) is 0 Å². The molecule has 0 saturated carbocycles. The first-order valence-corrected chi connectivity index (χ1v) is 4.18. The Hall–Kier alpha value is -1.32. The molecule has 72 valence electrons. The van der Waals surface area contributed by atoms with Crippen LogP contribution in [0.15, 0.2) is 17.1 Å². The van der Waals surface area contributed by atoms with Crippen LogP contribution >= 0.6 is 0 Å². The molecule has 0 fully saturated rings. The molecule has 0 radical (unpaired) electrons. The van der Waals surface area contributed by atoms with Crippen LogP contribution in [-0.2, 0) is 4.74 Å². The first-order chi connectivity index (χ1) is 5.97. The number of ether oxygens (including phenoxy) is 1. The van der Waals surface area contributed by atoms with Crippen LogP contribution in [0, 0.1) is 0 Å². The van der Waals surface area contributed by atoms with Gasteiger partial charge in [-0.05, 0) is 26.8 Å². The van der Waals surface area contributed by atoms with Gasteiger partial charge in [-0.1, -0.05) is 6.08 Å². The first kappa shape index (κ1) is 9.77. The fourth-order valence-electron chi connectivity index (χ4n) is 0.857. The van der Waals surface area contributed by atoms with Crippen LogP contribution in [0.2, 0.25) is 0 Å². The van der Waals surface area contributed by atoms with E-state index in [0.717, 1.165) is 0 Å². The Kier molecular flexibility index (Phi) is 2.70. The normalized spacial score (nSPS) is 15.5. The van der Waals surface area contributed by atoms with E-state index in [0.29, 0.717) is 12.4 Å². The number of nitrogens with zero attached hydrogens (tertiary/aromatic N) is 1. The molecule has 0 saturated heterocycles. The summed E-state index contributed by atoms with van der Waals surface area (Å²) in [6.45, 7) is 6.09. The maximum Gasteiger partial charge on any atom is 0.413 e. The molecule has 4 nitrogen and oxygen atoms in total. The minimum atomic E-state index is -0.465. The fraction of sp³-hybridized carbons (Fsp3) is 0.556. The Bertz CT molecular complexity index is 261. The lowest BCUT2D eigenvalue weighted by Crippen LogP contribution is -2.35. The third kappa shape index (κ3) is 3.73. The highest BCUT2D eigenvalue weighted by molar-refractivity contribution is 6.03. The molecule has 1 N–H and O–H groups in total. The third-order valence-corrected chi connectivity index (χ3v) is 1.27. The number of amidine groups is 1. The zero-order chi connectivity index (χ0) is 9.90. The van der Waals surface area contributed by atoms with Crippen LogP contribution in [0.4, 0.5) is 4.79 Å². The predicted octanol–water partition coefficient (Wildman–Crippen LogP) is 1.48. The van der Waals surface area contributed by atoms with Crippen molar-refractivity contribution in [3.8, 4) is 0 Å². The van der Waals surface area contributed by atoms with E-state index in [1.54, 1.807) is 6.08 Å². The second-order valence-electron chi connectivity index (χ2n) is 3.76. The average Bonchev–Trinajstić information content (AvgIpc) is 2.34. The van der Waals surface area contributed by atoms with Gasteiger partial charge in [-0.2, -0.15) is 0 Å². The van der Waals surface area contributed by atoms with Crippen molar-refractivity contribution < 1.29 is 9.53 Å². The largest absolute Gasteiger partial charge is 0.444 e. The van der Waals surface area contributed by atoms with E-state index in [4.69, 9.17) is 4.74 Å². The fourth-order valence-corrected chi connectivity index (χ4v) is 0.857. The summed E-state index contributed by atoms with van der Waals surface area (Å²) in [6, 6.07) is 0. The smallest absolute Gasteiger partial charge is 0.413 e. The molecule has 13 heavy (non-hydrogen) atoms. The van der Waals surface area contributed by atoms with Crippen molar-refractivity contribution in [2.24, 2.45) is 4.99 Å². The van der Waals surface area contributed by atoms with Crippen molar-refractivity contribution in [2.45, 2.75) is 26.4 Å². The number of carbonyl (C=O) groups excluding carboxylic acids is 1. The summed E-state index contributed by atoms with van der Waals surface area (Å²) in [6.07, 6.45) is 3.16. The van der Waals surface area contributed by atoms with Crippen molar-refractivity contribution in [3.63, 3.8) is 0 Å². The van der Waals surface area contributed by atoms with Crippen LogP contribution in [0.25, 0.3) is 0 Å². The summed E-state index contributed by atoms with van der Waals surface area (Å²) in [7, 11) is 0. The number of hydrogen-bond acceptors (Lipinski definition) is 3. The van der Waals surface area contributed by atoms with Crippen LogP contribution < -0.4 is 5.32 Å². The molecule has 0 aromatic rings. The lowest BCUT2D eigenvalue weighted by atomic mass is 10.2. The summed E-state index contributed by atoms with van der Waals surface area (Å²) < 4.78 is 5.03. The van der Waals surface area contributed by atoms with Crippen molar-refractivity contribution in [2.75, 3.05) is 6.54 Å². The molecule has 1 amide bonds. The number of amides is 1. The predicted molar refractivity (Wildman–Crippen MR) is 50.8 cm³/mol. The standard InChI is InChI=1S/C9H14N2O2/c1-9(2,3)13-8(12)11-7-5-4-6-10-7/h4-5H,6H2,1-3H3,(H,10,11,12). The topological polar surface area (TPSA) is 50.7 Å². The van der Waals surface area contributed by atoms with E-state index >= 15 is 0 Å². The Labute approximate surface area is 77.7 Å². The molecule has 0 bridgehead atoms. The van der Waals surface area contributed by atoms with E-state index in [1.807, 2.05) is 26.8 Å². The molecule has 1 aliphatic heterocycles. The van der Waals surface area contributed by atoms with Crippen LogP contribution in [-0.4, -0.2) is 24.1 Å². The highest BCUT2D eigenvalue weighted by atomic mass is 16.6. The molecule has 1 rings (SSSR count). The molecule has 0 spiro atoms. The van der Waals surface area contributed by atoms with Crippen molar-refractivity contribution in [1.82, 2.24) is 5.32 Å². The Balaban J connectivity index is 2.38. The van der Waals surface area contributed by atoms with Gasteiger partial charge in [-0.3, -0.25) is 10.3 Å². The second kappa shape index (κ2) is 3.60. The van der Waals surface area contributed by atoms with Gasteiger partial charge in [0, 0.05) is 0 Å². The molecule has 0 aliphatic carbocycles. The molecule has 0 aromatic heterocycles. The van der Waals surface area contributed by atoms with E-state index in [1.165, 1.54) is 0 Å². The Morgan fingerprint density at radius 1 is 1.62 bits per heavy atom. The Morgan fingerprint density at radius 3 is 2.77 bits per heavy atom. The van der Waals surface area contributed by atoms with Crippen molar-refractivity contribution >= 4 is 11.9 Å². The van der Waals surface area contributed by atoms with Gasteiger partial charge in [0.15, 0.2) is 0 Å². The monoisotopic (exact) mass is 182 g/mol. The summed E-state index contributed by atoms with van der Waals surface area (Å²) in [5.74, 6) is 0.564. The highest BCUT2D eigenvalue weighted by Gasteiger charge is 2.16. The quantitative estimate of drug-likeness (QED) is 0.617. The van der Waals surface area contributed by atoms with Gasteiger partial charge in [0.1, 0.15) is 11.4 Å². The van der Waals surface area contributed by atoms with Gasteiger partial charge in [-0.15, -0.1) is 0 Å². The lowest BCUT2D eigenvalue weighted by Gasteiger charge is -2.19. The van der Waals surface area contributed by atoms with Crippen LogP contribution in [0.1, 0.15) is 20.8 Å². The highest BCUT2D eigenvalue weighted by Crippen LogP contribution is 2.06. The number of nitrogens with one attached hydrogen (secondary N) is 1. The van der Waals surface area contributed by atoms with Crippen molar-refractivity contribution in [1.29, 1.82) is 0 Å². The van der Waals surface area contributed by atoms with Gasteiger partial charge in [0.2, 0.25) is 0 Å². The second-order valence-corrected chi connectivity index (χ2v) is 3.76. The zero-order valence-electron chi connectivity index (χ0n) is 8.13. The van der Waals surface area contributed by atoms with Crippen LogP contribution in [0.3, 0.4) is 0 Å². The van der Waals surface area contributed by atoms with E-state index in [9.17, 15) is 4.79 Å². The molecule has 0 unspecified atom stereocenters. The molecular formula is C9H14N2O2. The van der Waals surface area contributed by atoms with E-state index in [2.05, 4.69) is 10.3 Å². The number of carbonyl (C=O) groups is 1. The zero-order valence-corrected chi connectivity index (χ0v) is 8.13. The Morgan fingerprint density at radius 2 is 2.31 bits per heavy atom. The van der Waals surface area contributed by atoms with E-state index < -0.39 is 11.7 Å². The molecule has 4 heteroatoms. The van der Waals surface area contributed by atoms with Gasteiger partial charge < -0.3 is 4.74 Å². The van der Waals surface area contributed by atoms with Gasteiger partial charge >= 0.3 is 6.09 Å². The minimum Gasteiger partial charge on any atom is -0.444 e. The summed E-state index contributed by atoms with van der Waals surface area (Å²) in [5.41, 5.74) is -0.465. The minimum absolute atomic E-state index is 0.460. The molecular weight excluding hydrogens is 168 g/mol. The third-order valence-electron chi connectivity index (χ3n) is 1.27. The van der Waals surface area contributed by atoms with Crippen molar-refractivity contribution in [3.05, 3.63) is 12.2 Å². The SMILES string of the molecule is CC(C)(C)OC(=O)NC1=NCC=C1.